The van der Waals surface area contributed by atoms with E-state index in [1.54, 1.807) is 41.3 Å². The van der Waals surface area contributed by atoms with Crippen LogP contribution in [0.3, 0.4) is 0 Å². The normalized spacial score (nSPS) is 13.9. The first-order valence-electron chi connectivity index (χ1n) is 8.65. The van der Waals surface area contributed by atoms with Gasteiger partial charge in [0.25, 0.3) is 0 Å². The molecule has 3 rings (SSSR count). The molecule has 0 bridgehead atoms. The zero-order valence-corrected chi connectivity index (χ0v) is 15.8. The molecule has 2 aromatic rings. The van der Waals surface area contributed by atoms with Gasteiger partial charge in [0.2, 0.25) is 10.0 Å². The molecular formula is C18H21N5O4S. The highest BCUT2D eigenvalue weighted by Crippen LogP contribution is 2.20. The Balaban J connectivity index is 1.50. The van der Waals surface area contributed by atoms with Crippen LogP contribution < -0.4 is 26.0 Å². The van der Waals surface area contributed by atoms with Crippen LogP contribution in [-0.4, -0.2) is 40.1 Å². The van der Waals surface area contributed by atoms with Crippen LogP contribution in [0.1, 0.15) is 5.56 Å². The summed E-state index contributed by atoms with van der Waals surface area (Å²) in [7, 11) is -3.71. The third-order valence-electron chi connectivity index (χ3n) is 4.22. The number of anilines is 2. The van der Waals surface area contributed by atoms with Crippen LogP contribution in [0.15, 0.2) is 53.4 Å². The number of nitrogens with zero attached hydrogens (tertiary/aromatic N) is 1. The van der Waals surface area contributed by atoms with E-state index in [1.807, 2.05) is 0 Å². The maximum Gasteiger partial charge on any atom is 0.321 e. The van der Waals surface area contributed by atoms with E-state index in [0.29, 0.717) is 37.4 Å². The third kappa shape index (κ3) is 4.99. The maximum absolute atomic E-state index is 12.1. The summed E-state index contributed by atoms with van der Waals surface area (Å²) in [5, 5.41) is 13.3. The second kappa shape index (κ2) is 8.28. The van der Waals surface area contributed by atoms with Crippen LogP contribution in [0, 0.1) is 0 Å². The molecule has 4 amide bonds. The average Bonchev–Trinajstić information content (AvgIpc) is 3.07. The first-order valence-corrected chi connectivity index (χ1v) is 10.2. The predicted molar refractivity (Wildman–Crippen MR) is 106 cm³/mol. The van der Waals surface area contributed by atoms with E-state index in [0.717, 1.165) is 5.56 Å². The van der Waals surface area contributed by atoms with Crippen molar-refractivity contribution in [1.82, 2.24) is 10.6 Å². The number of urea groups is 2. The number of sulfonamides is 1. The Hall–Kier alpha value is -3.11. The minimum atomic E-state index is -3.71. The molecule has 0 aliphatic carbocycles. The van der Waals surface area contributed by atoms with Gasteiger partial charge in [0, 0.05) is 31.0 Å². The van der Waals surface area contributed by atoms with E-state index in [9.17, 15) is 18.0 Å². The van der Waals surface area contributed by atoms with Crippen LogP contribution >= 0.6 is 0 Å². The first-order chi connectivity index (χ1) is 13.3. The maximum atomic E-state index is 12.1. The van der Waals surface area contributed by atoms with Crippen LogP contribution in [-0.2, 0) is 16.4 Å². The summed E-state index contributed by atoms with van der Waals surface area (Å²) in [5.41, 5.74) is 2.16. The number of primary sulfonamides is 1. The summed E-state index contributed by atoms with van der Waals surface area (Å²) in [6.45, 7) is 1.54. The molecule has 10 heteroatoms. The zero-order chi connectivity index (χ0) is 20.1. The molecule has 0 saturated carbocycles. The number of carbonyl (C=O) groups excluding carboxylic acids is 2. The summed E-state index contributed by atoms with van der Waals surface area (Å²) in [6, 6.07) is 12.7. The van der Waals surface area contributed by atoms with Gasteiger partial charge in [-0.05, 0) is 42.3 Å². The zero-order valence-electron chi connectivity index (χ0n) is 15.0. The highest BCUT2D eigenvalue weighted by molar-refractivity contribution is 7.89. The van der Waals surface area contributed by atoms with Crippen LogP contribution in [0.2, 0.25) is 0 Å². The fraction of sp³-hybridized carbons (Fsp3) is 0.222. The molecule has 5 N–H and O–H groups in total. The van der Waals surface area contributed by atoms with Crippen molar-refractivity contribution in [2.24, 2.45) is 5.14 Å². The smallest absolute Gasteiger partial charge is 0.321 e. The highest BCUT2D eigenvalue weighted by atomic mass is 32.2. The van der Waals surface area contributed by atoms with E-state index in [2.05, 4.69) is 16.0 Å². The van der Waals surface area contributed by atoms with Crippen LogP contribution in [0.25, 0.3) is 0 Å². The minimum absolute atomic E-state index is 0.0496. The molecule has 9 nitrogen and oxygen atoms in total. The number of hydrogen-bond acceptors (Lipinski definition) is 4. The molecule has 1 heterocycles. The Labute approximate surface area is 163 Å². The molecular weight excluding hydrogens is 382 g/mol. The topological polar surface area (TPSA) is 134 Å². The SMILES string of the molecule is NS(=O)(=O)c1ccc(CCNC(=O)Nc2cccc(N3CCNC3=O)c2)cc1. The van der Waals surface area contributed by atoms with E-state index >= 15 is 0 Å². The molecule has 0 radical (unpaired) electrons. The second-order valence-corrected chi connectivity index (χ2v) is 7.82. The number of rotatable bonds is 6. The summed E-state index contributed by atoms with van der Waals surface area (Å²) < 4.78 is 22.5. The monoisotopic (exact) mass is 403 g/mol. The van der Waals surface area contributed by atoms with Gasteiger partial charge in [-0.2, -0.15) is 0 Å². The predicted octanol–water partition coefficient (Wildman–Crippen LogP) is 1.23. The Morgan fingerprint density at radius 1 is 1.18 bits per heavy atom. The van der Waals surface area contributed by atoms with Gasteiger partial charge in [0.1, 0.15) is 0 Å². The van der Waals surface area contributed by atoms with Crippen LogP contribution in [0.5, 0.6) is 0 Å². The van der Waals surface area contributed by atoms with Crippen molar-refractivity contribution in [1.29, 1.82) is 0 Å². The van der Waals surface area contributed by atoms with Crippen molar-refractivity contribution in [2.45, 2.75) is 11.3 Å². The summed E-state index contributed by atoms with van der Waals surface area (Å²) >= 11 is 0. The lowest BCUT2D eigenvalue weighted by molar-refractivity contribution is 0.251. The molecule has 1 aliphatic heterocycles. The number of nitrogens with two attached hydrogens (primary N) is 1. The second-order valence-electron chi connectivity index (χ2n) is 6.25. The molecule has 0 unspecified atom stereocenters. The number of nitrogens with one attached hydrogen (secondary N) is 3. The lowest BCUT2D eigenvalue weighted by atomic mass is 10.1. The van der Waals surface area contributed by atoms with Crippen molar-refractivity contribution < 1.29 is 18.0 Å². The molecule has 148 valence electrons. The van der Waals surface area contributed by atoms with Gasteiger partial charge in [-0.1, -0.05) is 18.2 Å². The van der Waals surface area contributed by atoms with Gasteiger partial charge in [-0.25, -0.2) is 23.1 Å². The fourth-order valence-electron chi connectivity index (χ4n) is 2.81. The van der Waals surface area contributed by atoms with E-state index in [-0.39, 0.29) is 17.0 Å². The van der Waals surface area contributed by atoms with Gasteiger partial charge < -0.3 is 16.0 Å². The largest absolute Gasteiger partial charge is 0.338 e. The molecule has 0 aromatic heterocycles. The van der Waals surface area contributed by atoms with E-state index in [4.69, 9.17) is 5.14 Å². The van der Waals surface area contributed by atoms with Gasteiger partial charge >= 0.3 is 12.1 Å². The van der Waals surface area contributed by atoms with Crippen molar-refractivity contribution >= 4 is 33.5 Å². The Morgan fingerprint density at radius 3 is 2.57 bits per heavy atom. The van der Waals surface area contributed by atoms with Crippen molar-refractivity contribution in [3.63, 3.8) is 0 Å². The molecule has 1 fully saturated rings. The molecule has 28 heavy (non-hydrogen) atoms. The number of benzene rings is 2. The number of carbonyl (C=O) groups is 2. The summed E-state index contributed by atoms with van der Waals surface area (Å²) in [6.07, 6.45) is 0.534. The molecule has 1 saturated heterocycles. The van der Waals surface area contributed by atoms with Gasteiger partial charge in [0.15, 0.2) is 0 Å². The fourth-order valence-corrected chi connectivity index (χ4v) is 3.33. The lowest BCUT2D eigenvalue weighted by Crippen LogP contribution is -2.31. The quantitative estimate of drug-likeness (QED) is 0.577. The summed E-state index contributed by atoms with van der Waals surface area (Å²) in [4.78, 5) is 25.5. The van der Waals surface area contributed by atoms with E-state index in [1.165, 1.54) is 12.1 Å². The molecule has 0 spiro atoms. The van der Waals surface area contributed by atoms with Crippen molar-refractivity contribution in [3.05, 3.63) is 54.1 Å². The highest BCUT2D eigenvalue weighted by Gasteiger charge is 2.21. The Bertz CT molecular complexity index is 976. The van der Waals surface area contributed by atoms with Gasteiger partial charge in [0.05, 0.1) is 4.90 Å². The van der Waals surface area contributed by atoms with E-state index < -0.39 is 10.0 Å². The molecule has 0 atom stereocenters. The number of amides is 4. The van der Waals surface area contributed by atoms with Crippen molar-refractivity contribution in [3.8, 4) is 0 Å². The average molecular weight is 403 g/mol. The first kappa shape index (κ1) is 19.6. The minimum Gasteiger partial charge on any atom is -0.338 e. The number of hydrogen-bond donors (Lipinski definition) is 4. The Morgan fingerprint density at radius 2 is 1.93 bits per heavy atom. The van der Waals surface area contributed by atoms with Crippen molar-refractivity contribution in [2.75, 3.05) is 29.9 Å². The Kier molecular flexibility index (Phi) is 5.81. The summed E-state index contributed by atoms with van der Waals surface area (Å²) in [5.74, 6) is 0. The molecule has 2 aromatic carbocycles. The lowest BCUT2D eigenvalue weighted by Gasteiger charge is -2.15. The van der Waals surface area contributed by atoms with Gasteiger partial charge in [-0.3, -0.25) is 4.90 Å². The van der Waals surface area contributed by atoms with Gasteiger partial charge in [-0.15, -0.1) is 0 Å². The standard InChI is InChI=1S/C18H21N5O4S/c19-28(26,27)16-6-4-13(5-7-16)8-9-20-17(24)22-14-2-1-3-15(12-14)23-11-10-21-18(23)25/h1-7,12H,8-11H2,(H,21,25)(H2,19,26,27)(H2,20,22,24). The third-order valence-corrected chi connectivity index (χ3v) is 5.15. The van der Waals surface area contributed by atoms with Crippen LogP contribution in [0.4, 0.5) is 21.0 Å². The molecule has 1 aliphatic rings.